The van der Waals surface area contributed by atoms with Gasteiger partial charge in [-0.15, -0.1) is 0 Å². The Morgan fingerprint density at radius 3 is 2.60 bits per heavy atom. The lowest BCUT2D eigenvalue weighted by molar-refractivity contribution is -0.126. The van der Waals surface area contributed by atoms with Crippen molar-refractivity contribution in [3.63, 3.8) is 0 Å². The quantitative estimate of drug-likeness (QED) is 0.305. The molecular weight excluding hydrogens is 573 g/mol. The van der Waals surface area contributed by atoms with Crippen molar-refractivity contribution in [3.8, 4) is 11.7 Å². The van der Waals surface area contributed by atoms with Crippen molar-refractivity contribution in [1.29, 1.82) is 0 Å². The first-order chi connectivity index (χ1) is 20.7. The van der Waals surface area contributed by atoms with Crippen LogP contribution in [-0.4, -0.2) is 93.3 Å². The number of likely N-dealkylation sites (tertiary alicyclic amines) is 1. The second-order valence-electron chi connectivity index (χ2n) is 11.2. The van der Waals surface area contributed by atoms with Crippen LogP contribution in [0.3, 0.4) is 0 Å². The van der Waals surface area contributed by atoms with Crippen LogP contribution in [0.1, 0.15) is 19.2 Å². The summed E-state index contributed by atoms with van der Waals surface area (Å²) in [6, 6.07) is 11.0. The maximum absolute atomic E-state index is 14.3. The van der Waals surface area contributed by atoms with Crippen molar-refractivity contribution in [3.05, 3.63) is 70.3 Å². The molecule has 43 heavy (non-hydrogen) atoms. The minimum atomic E-state index is -0.922. The molecule has 4 heterocycles. The van der Waals surface area contributed by atoms with E-state index in [4.69, 9.17) is 26.3 Å². The number of alkyl halides is 1. The largest absolute Gasteiger partial charge is 0.462 e. The molecule has 0 aliphatic carbocycles. The van der Waals surface area contributed by atoms with Gasteiger partial charge in [0.2, 0.25) is 5.91 Å². The Labute approximate surface area is 253 Å². The van der Waals surface area contributed by atoms with Crippen LogP contribution >= 0.6 is 11.6 Å². The second kappa shape index (κ2) is 11.5. The van der Waals surface area contributed by atoms with E-state index in [0.717, 1.165) is 10.8 Å². The van der Waals surface area contributed by atoms with Crippen LogP contribution in [0, 0.1) is 6.92 Å². The van der Waals surface area contributed by atoms with E-state index in [1.807, 2.05) is 54.1 Å². The molecule has 4 aromatic rings. The van der Waals surface area contributed by atoms with E-state index in [9.17, 15) is 14.0 Å². The second-order valence-corrected chi connectivity index (χ2v) is 11.6. The highest BCUT2D eigenvalue weighted by Crippen LogP contribution is 2.31. The van der Waals surface area contributed by atoms with Crippen molar-refractivity contribution in [1.82, 2.24) is 29.3 Å². The van der Waals surface area contributed by atoms with E-state index in [1.54, 1.807) is 17.9 Å². The van der Waals surface area contributed by atoms with Crippen molar-refractivity contribution in [2.24, 2.45) is 0 Å². The number of carbonyl (C=O) groups is 1. The first kappa shape index (κ1) is 29.0. The van der Waals surface area contributed by atoms with E-state index in [-0.39, 0.29) is 36.1 Å². The van der Waals surface area contributed by atoms with Gasteiger partial charge in [0, 0.05) is 43.6 Å². The number of ether oxygens (including phenoxy) is 1. The van der Waals surface area contributed by atoms with Gasteiger partial charge in [-0.2, -0.15) is 9.97 Å². The summed E-state index contributed by atoms with van der Waals surface area (Å²) < 4.78 is 21.6. The fourth-order valence-corrected chi connectivity index (χ4v) is 6.41. The van der Waals surface area contributed by atoms with Crippen LogP contribution in [0.5, 0.6) is 6.01 Å². The Balaban J connectivity index is 1.49. The number of piperazine rings is 1. The average Bonchev–Trinajstić information content (AvgIpc) is 3.32. The number of halogens is 2. The van der Waals surface area contributed by atoms with Crippen molar-refractivity contribution < 1.29 is 13.9 Å². The molecule has 2 aliphatic heterocycles. The normalized spacial score (nSPS) is 21.1. The summed E-state index contributed by atoms with van der Waals surface area (Å²) in [5, 5.41) is 2.13. The first-order valence-electron chi connectivity index (χ1n) is 14.3. The maximum atomic E-state index is 14.3. The summed E-state index contributed by atoms with van der Waals surface area (Å²) in [5.41, 5.74) is 0.636. The van der Waals surface area contributed by atoms with E-state index >= 15 is 0 Å². The summed E-state index contributed by atoms with van der Waals surface area (Å²) in [6.07, 6.45) is 0.737. The molecule has 2 fully saturated rings. The highest BCUT2D eigenvalue weighted by Gasteiger charge is 2.32. The van der Waals surface area contributed by atoms with Crippen LogP contribution in [0.2, 0.25) is 5.02 Å². The number of fused-ring (bicyclic) bond motifs is 2. The van der Waals surface area contributed by atoms with Crippen LogP contribution in [0.4, 0.5) is 10.2 Å². The van der Waals surface area contributed by atoms with E-state index in [2.05, 4.69) is 11.6 Å². The minimum absolute atomic E-state index is 0.0141. The minimum Gasteiger partial charge on any atom is -0.462 e. The molecule has 0 unspecified atom stereocenters. The van der Waals surface area contributed by atoms with Crippen molar-refractivity contribution >= 4 is 45.1 Å². The molecule has 2 aromatic carbocycles. The third-order valence-electron chi connectivity index (χ3n) is 8.35. The first-order valence-corrected chi connectivity index (χ1v) is 14.7. The number of hydrogen-bond donors (Lipinski definition) is 0. The highest BCUT2D eigenvalue weighted by atomic mass is 35.5. The monoisotopic (exact) mass is 605 g/mol. The zero-order chi connectivity index (χ0) is 30.4. The Kier molecular flexibility index (Phi) is 7.78. The maximum Gasteiger partial charge on any atom is 0.319 e. The van der Waals surface area contributed by atoms with Gasteiger partial charge in [-0.1, -0.05) is 42.4 Å². The Morgan fingerprint density at radius 1 is 1.14 bits per heavy atom. The SMILES string of the molecule is C=CC(=O)N1CCN(c2nc(OC[C@@H]3C[C@@H](F)CN3C)nc3c(=O)n(-c4cccc5cccc(Cl)c45)c(C)nc23)[C@@H](C)C1. The number of likely N-dealkylation sites (N-methyl/N-ethyl adjacent to an activating group) is 1. The predicted octanol–water partition coefficient (Wildman–Crippen LogP) is 3.93. The van der Waals surface area contributed by atoms with E-state index < -0.39 is 11.7 Å². The number of aromatic nitrogens is 4. The topological polar surface area (TPSA) is 96.7 Å². The molecule has 2 saturated heterocycles. The lowest BCUT2D eigenvalue weighted by Gasteiger charge is -2.40. The smallest absolute Gasteiger partial charge is 0.319 e. The summed E-state index contributed by atoms with van der Waals surface area (Å²) in [4.78, 5) is 46.5. The standard InChI is InChI=1S/C31H33ClFN7O3/c1-5-25(41)38-12-13-39(18(2)15-38)29-27-28(35-31(36-29)43-17-22-14-21(33)16-37(22)4)30(42)40(19(3)34-27)24-11-7-9-20-8-6-10-23(32)26(20)24/h5-11,18,21-22H,1,12-17H2,2-4H3/t18-,21+,22-/m0/s1. The molecule has 0 radical (unpaired) electrons. The number of benzene rings is 2. The summed E-state index contributed by atoms with van der Waals surface area (Å²) in [6.45, 7) is 9.22. The molecule has 6 rings (SSSR count). The Hall–Kier alpha value is -4.09. The number of amides is 1. The number of rotatable bonds is 6. The zero-order valence-electron chi connectivity index (χ0n) is 24.3. The van der Waals surface area contributed by atoms with Gasteiger partial charge in [-0.05, 0) is 50.9 Å². The molecule has 10 nitrogen and oxygen atoms in total. The molecule has 3 atom stereocenters. The van der Waals surface area contributed by atoms with E-state index in [1.165, 1.54) is 10.6 Å². The number of carbonyl (C=O) groups excluding carboxylic acids is 1. The molecular formula is C31H33ClFN7O3. The zero-order valence-corrected chi connectivity index (χ0v) is 25.1. The summed E-state index contributed by atoms with van der Waals surface area (Å²) in [7, 11) is 1.85. The van der Waals surface area contributed by atoms with Gasteiger partial charge in [0.1, 0.15) is 24.1 Å². The van der Waals surface area contributed by atoms with Gasteiger partial charge in [0.25, 0.3) is 5.56 Å². The fourth-order valence-electron chi connectivity index (χ4n) is 6.13. The summed E-state index contributed by atoms with van der Waals surface area (Å²) in [5.74, 6) is 0.753. The Morgan fingerprint density at radius 2 is 1.91 bits per heavy atom. The molecule has 0 N–H and O–H groups in total. The number of nitrogens with zero attached hydrogens (tertiary/aromatic N) is 7. The third kappa shape index (κ3) is 5.31. The van der Waals surface area contributed by atoms with Crippen LogP contribution < -0.4 is 15.2 Å². The van der Waals surface area contributed by atoms with Crippen LogP contribution in [0.25, 0.3) is 27.5 Å². The number of anilines is 1. The van der Waals surface area contributed by atoms with Crippen molar-refractivity contribution in [2.45, 2.75) is 38.5 Å². The highest BCUT2D eigenvalue weighted by molar-refractivity contribution is 6.36. The molecule has 2 aromatic heterocycles. The lowest BCUT2D eigenvalue weighted by Crippen LogP contribution is -2.53. The van der Waals surface area contributed by atoms with Gasteiger partial charge < -0.3 is 14.5 Å². The average molecular weight is 606 g/mol. The Bertz CT molecular complexity index is 1790. The summed E-state index contributed by atoms with van der Waals surface area (Å²) >= 11 is 6.62. The molecule has 2 aliphatic rings. The molecule has 0 bridgehead atoms. The van der Waals surface area contributed by atoms with Gasteiger partial charge >= 0.3 is 6.01 Å². The molecule has 0 saturated carbocycles. The predicted molar refractivity (Wildman–Crippen MR) is 165 cm³/mol. The van der Waals surface area contributed by atoms with E-state index in [0.29, 0.717) is 60.5 Å². The molecule has 1 amide bonds. The number of hydrogen-bond acceptors (Lipinski definition) is 8. The molecule has 0 spiro atoms. The van der Waals surface area contributed by atoms with Crippen molar-refractivity contribution in [2.75, 3.05) is 44.7 Å². The fraction of sp³-hybridized carbons (Fsp3) is 0.387. The van der Waals surface area contributed by atoms with Crippen LogP contribution in [0.15, 0.2) is 53.8 Å². The van der Waals surface area contributed by atoms with Gasteiger partial charge in [0.05, 0.1) is 10.7 Å². The number of aryl methyl sites for hydroxylation is 1. The van der Waals surface area contributed by atoms with Gasteiger partial charge in [0.15, 0.2) is 11.3 Å². The lowest BCUT2D eigenvalue weighted by atomic mass is 10.1. The van der Waals surface area contributed by atoms with Gasteiger partial charge in [-0.3, -0.25) is 19.1 Å². The van der Waals surface area contributed by atoms with Gasteiger partial charge in [-0.25, -0.2) is 9.37 Å². The third-order valence-corrected chi connectivity index (χ3v) is 8.66. The molecule has 224 valence electrons. The van der Waals surface area contributed by atoms with Crippen LogP contribution in [-0.2, 0) is 4.79 Å². The molecule has 12 heteroatoms.